The first kappa shape index (κ1) is 30.1. The van der Waals surface area contributed by atoms with E-state index in [0.717, 1.165) is 0 Å². The number of methoxy groups -OCH3 is 1. The van der Waals surface area contributed by atoms with Crippen molar-refractivity contribution >= 4 is 40.7 Å². The summed E-state index contributed by atoms with van der Waals surface area (Å²) in [6.07, 6.45) is -0.132. The number of ketones is 4. The highest BCUT2D eigenvalue weighted by Crippen LogP contribution is 2.62. The number of anilines is 1. The molecule has 2 fully saturated rings. The molecule has 0 bridgehead atoms. The molecule has 0 saturated heterocycles. The minimum atomic E-state index is -2.89. The maximum Gasteiger partial charge on any atom is 0.337 e. The number of carbonyl (C=O) groups excluding carboxylic acids is 6. The summed E-state index contributed by atoms with van der Waals surface area (Å²) in [4.78, 5) is 81.8. The lowest BCUT2D eigenvalue weighted by atomic mass is 9.42. The number of nitrogens with zero attached hydrogens (tertiary/aromatic N) is 1. The zero-order valence-electron chi connectivity index (χ0n) is 24.4. The number of nitrogen functional groups attached to an aromatic ring is 1. The molecule has 6 atom stereocenters. The fraction of sp³-hybridized carbons (Fsp3) is 0.419. The lowest BCUT2D eigenvalue weighted by molar-refractivity contribution is -0.203. The van der Waals surface area contributed by atoms with Crippen LogP contribution in [0.5, 0.6) is 5.75 Å². The number of fused-ring (bicyclic) bond motifs is 3. The summed E-state index contributed by atoms with van der Waals surface area (Å²) < 4.78 is 4.83. The Hall–Kier alpha value is -4.42. The van der Waals surface area contributed by atoms with Gasteiger partial charge in [0, 0.05) is 11.1 Å². The van der Waals surface area contributed by atoms with Crippen LogP contribution in [0, 0.1) is 22.7 Å². The number of phenols is 1. The van der Waals surface area contributed by atoms with Gasteiger partial charge in [-0.1, -0.05) is 19.9 Å². The van der Waals surface area contributed by atoms with Gasteiger partial charge in [-0.3, -0.25) is 28.9 Å². The lowest BCUT2D eigenvalue weighted by Crippen LogP contribution is -2.79. The van der Waals surface area contributed by atoms with Gasteiger partial charge >= 0.3 is 5.97 Å². The molecule has 0 aliphatic heterocycles. The van der Waals surface area contributed by atoms with Crippen LogP contribution < -0.4 is 11.5 Å². The molecule has 2 unspecified atom stereocenters. The van der Waals surface area contributed by atoms with Gasteiger partial charge in [-0.2, -0.15) is 0 Å². The van der Waals surface area contributed by atoms with Crippen molar-refractivity contribution in [3.63, 3.8) is 0 Å². The molecule has 2 aromatic rings. The second-order valence-electron chi connectivity index (χ2n) is 12.6. The number of aromatic hydroxyl groups is 1. The van der Waals surface area contributed by atoms with Gasteiger partial charge in [0.1, 0.15) is 5.75 Å². The largest absolute Gasteiger partial charge is 0.507 e. The topological polar surface area (TPSA) is 207 Å². The average molecular weight is 592 g/mol. The van der Waals surface area contributed by atoms with Crippen LogP contribution in [0.15, 0.2) is 30.3 Å². The highest BCUT2D eigenvalue weighted by Gasteiger charge is 2.76. The number of primary amides is 1. The Labute approximate surface area is 247 Å². The molecule has 3 aliphatic rings. The van der Waals surface area contributed by atoms with Crippen molar-refractivity contribution in [1.82, 2.24) is 4.90 Å². The van der Waals surface area contributed by atoms with Crippen molar-refractivity contribution in [2.45, 2.75) is 38.3 Å². The minimum Gasteiger partial charge on any atom is -0.507 e. The molecule has 0 radical (unpaired) electrons. The van der Waals surface area contributed by atoms with Crippen LogP contribution in [-0.4, -0.2) is 83.0 Å². The van der Waals surface area contributed by atoms with E-state index in [0.29, 0.717) is 16.7 Å². The summed E-state index contributed by atoms with van der Waals surface area (Å²) in [6, 6.07) is 6.13. The van der Waals surface area contributed by atoms with Crippen molar-refractivity contribution in [3.05, 3.63) is 47.0 Å². The molecule has 2 aromatic carbocycles. The molecule has 226 valence electrons. The number of Topliss-reactive ketones (excluding diaryl/α,β-unsaturated/α-hetero) is 4. The molecular weight excluding hydrogens is 558 g/mol. The van der Waals surface area contributed by atoms with E-state index in [2.05, 4.69) is 0 Å². The predicted molar refractivity (Wildman–Crippen MR) is 152 cm³/mol. The number of ether oxygens (including phenoxy) is 1. The second-order valence-corrected chi connectivity index (χ2v) is 12.6. The normalized spacial score (nSPS) is 31.7. The number of amides is 1. The van der Waals surface area contributed by atoms with E-state index in [9.17, 15) is 39.0 Å². The quantitative estimate of drug-likeness (QED) is 0.221. The Bertz CT molecular complexity index is 1670. The number of phenolic OH excluding ortho intramolecular Hbond substituents is 1. The molecule has 12 nitrogen and oxygen atoms in total. The lowest BCUT2D eigenvalue weighted by Gasteiger charge is -2.61. The first-order valence-electron chi connectivity index (χ1n) is 13.6. The molecule has 5 rings (SSSR count). The summed E-state index contributed by atoms with van der Waals surface area (Å²) >= 11 is 0. The van der Waals surface area contributed by atoms with Gasteiger partial charge in [0.15, 0.2) is 34.7 Å². The standard InChI is InChI=1S/C31H33N3O9/c1-29-11-17-16(13-8-14(28(41)43-5)10-15(32)9-13)6-7-18(35)19(17)22(36)21(29)26(39)31(42)25(38)20(27(33)40)23(37)24(34(3)4)30(31,2)12-29/h6-10,20-21,24,35,42H,11-12,32H2,1-5H3,(H2,33,40)/t20?,21?,24-,29+,30+,31-/m1/s1. The van der Waals surface area contributed by atoms with Crippen LogP contribution in [-0.2, 0) is 30.3 Å². The number of hydrogen-bond acceptors (Lipinski definition) is 11. The maximum absolute atomic E-state index is 14.3. The van der Waals surface area contributed by atoms with Crippen LogP contribution in [0.4, 0.5) is 5.69 Å². The number of rotatable bonds is 4. The van der Waals surface area contributed by atoms with Crippen LogP contribution >= 0.6 is 0 Å². The van der Waals surface area contributed by atoms with Crippen molar-refractivity contribution in [1.29, 1.82) is 0 Å². The predicted octanol–water partition coefficient (Wildman–Crippen LogP) is 0.683. The number of aliphatic hydroxyl groups is 1. The van der Waals surface area contributed by atoms with Gasteiger partial charge in [0.25, 0.3) is 0 Å². The first-order valence-corrected chi connectivity index (χ1v) is 13.6. The highest BCUT2D eigenvalue weighted by atomic mass is 16.5. The van der Waals surface area contributed by atoms with Crippen molar-refractivity contribution in [2.75, 3.05) is 26.9 Å². The first-order chi connectivity index (χ1) is 19.9. The number of likely N-dealkylation sites (N-methyl/N-ethyl adjacent to an activating group) is 1. The number of hydrogen-bond donors (Lipinski definition) is 4. The van der Waals surface area contributed by atoms with Gasteiger partial charge < -0.3 is 26.4 Å². The molecular formula is C31H33N3O9. The molecule has 1 amide bonds. The van der Waals surface area contributed by atoms with Gasteiger partial charge in [-0.25, -0.2) is 4.79 Å². The molecule has 0 aromatic heterocycles. The minimum absolute atomic E-state index is 0.0179. The van der Waals surface area contributed by atoms with Crippen molar-refractivity contribution < 1.29 is 43.7 Å². The molecule has 0 heterocycles. The van der Waals surface area contributed by atoms with E-state index in [4.69, 9.17) is 16.2 Å². The van der Waals surface area contributed by atoms with Crippen molar-refractivity contribution in [2.24, 2.45) is 28.4 Å². The Morgan fingerprint density at radius 3 is 2.28 bits per heavy atom. The van der Waals surface area contributed by atoms with Gasteiger partial charge in [-0.05, 0) is 73.3 Å². The third kappa shape index (κ3) is 3.89. The summed E-state index contributed by atoms with van der Waals surface area (Å²) in [7, 11) is 4.27. The molecule has 43 heavy (non-hydrogen) atoms. The zero-order chi connectivity index (χ0) is 32.0. The van der Waals surface area contributed by atoms with E-state index in [1.54, 1.807) is 19.1 Å². The van der Waals surface area contributed by atoms with Gasteiger partial charge in [-0.15, -0.1) is 0 Å². The molecule has 6 N–H and O–H groups in total. The third-order valence-electron chi connectivity index (χ3n) is 9.56. The highest BCUT2D eigenvalue weighted by molar-refractivity contribution is 6.33. The SMILES string of the molecule is COC(=O)c1cc(N)cc(-c2ccc(O)c3c2C[C@@]2(C)C[C@@]4(C)[C@H](N(C)C)C(=O)C(C(N)=O)C(=O)[C@@]4(O)C(=O)C2C3=O)c1. The molecule has 3 aliphatic carbocycles. The van der Waals surface area contributed by atoms with Gasteiger partial charge in [0.2, 0.25) is 5.91 Å². The smallest absolute Gasteiger partial charge is 0.337 e. The fourth-order valence-corrected chi connectivity index (χ4v) is 8.03. The fourth-order valence-electron chi connectivity index (χ4n) is 8.03. The van der Waals surface area contributed by atoms with Crippen molar-refractivity contribution in [3.8, 4) is 16.9 Å². The molecule has 12 heteroatoms. The third-order valence-corrected chi connectivity index (χ3v) is 9.56. The second kappa shape index (κ2) is 9.55. The molecule has 0 spiro atoms. The summed E-state index contributed by atoms with van der Waals surface area (Å²) in [5.41, 5.74) is 7.14. The Morgan fingerprint density at radius 1 is 1.05 bits per heavy atom. The zero-order valence-corrected chi connectivity index (χ0v) is 24.4. The number of carbonyl (C=O) groups is 6. The van der Waals surface area contributed by atoms with Crippen LogP contribution in [0.25, 0.3) is 11.1 Å². The summed E-state index contributed by atoms with van der Waals surface area (Å²) in [5, 5.41) is 22.9. The van der Waals surface area contributed by atoms with E-state index >= 15 is 0 Å². The average Bonchev–Trinajstić information content (AvgIpc) is 2.89. The van der Waals surface area contributed by atoms with Crippen LogP contribution in [0.3, 0.4) is 0 Å². The number of benzene rings is 2. The van der Waals surface area contributed by atoms with Crippen LogP contribution in [0.1, 0.15) is 46.5 Å². The van der Waals surface area contributed by atoms with Crippen LogP contribution in [0.2, 0.25) is 0 Å². The molecule has 2 saturated carbocycles. The monoisotopic (exact) mass is 591 g/mol. The summed E-state index contributed by atoms with van der Waals surface area (Å²) in [6.45, 7) is 3.10. The van der Waals surface area contributed by atoms with E-state index in [1.807, 2.05) is 0 Å². The summed E-state index contributed by atoms with van der Waals surface area (Å²) in [5.74, 6) is -10.1. The van der Waals surface area contributed by atoms with E-state index in [-0.39, 0.29) is 29.7 Å². The maximum atomic E-state index is 14.3. The van der Waals surface area contributed by atoms with E-state index < -0.39 is 75.1 Å². The number of esters is 1. The Kier molecular flexibility index (Phi) is 6.67. The van der Waals surface area contributed by atoms with E-state index in [1.165, 1.54) is 51.2 Å². The van der Waals surface area contributed by atoms with Gasteiger partial charge in [0.05, 0.1) is 30.2 Å². The number of nitrogens with two attached hydrogens (primary N) is 2. The Morgan fingerprint density at radius 2 is 1.70 bits per heavy atom. The Balaban J connectivity index is 1.74.